The van der Waals surface area contributed by atoms with E-state index in [0.717, 1.165) is 17.1 Å². The van der Waals surface area contributed by atoms with Crippen LogP contribution in [0.15, 0.2) is 54.7 Å². The predicted molar refractivity (Wildman–Crippen MR) is 78.9 cm³/mol. The van der Waals surface area contributed by atoms with Crippen molar-refractivity contribution in [2.45, 2.75) is 12.8 Å². The van der Waals surface area contributed by atoms with Gasteiger partial charge in [0.1, 0.15) is 5.82 Å². The monoisotopic (exact) mass is 259 g/mol. The third kappa shape index (κ3) is 2.36. The number of hydrogen-bond acceptors (Lipinski definition) is 3. The summed E-state index contributed by atoms with van der Waals surface area (Å²) in [4.78, 5) is 8.79. The Balaban J connectivity index is 2.09. The maximum Gasteiger partial charge on any atom is 0.129 e. The van der Waals surface area contributed by atoms with Crippen molar-refractivity contribution in [2.75, 3.05) is 0 Å². The standard InChI is InChI=1S/C17H13N3/c18-11-4-9-17-19-12-10-16(20-17)15-8-3-6-13-5-1-2-7-14(13)15/h1-3,5-8,10,12H,4,9H2. The van der Waals surface area contributed by atoms with Crippen LogP contribution in [0.5, 0.6) is 0 Å². The van der Waals surface area contributed by atoms with Gasteiger partial charge in [-0.15, -0.1) is 0 Å². The lowest BCUT2D eigenvalue weighted by atomic mass is 10.0. The molecule has 3 nitrogen and oxygen atoms in total. The molecule has 0 N–H and O–H groups in total. The van der Waals surface area contributed by atoms with Crippen LogP contribution in [-0.2, 0) is 6.42 Å². The van der Waals surface area contributed by atoms with Gasteiger partial charge < -0.3 is 0 Å². The van der Waals surface area contributed by atoms with Crippen molar-refractivity contribution >= 4 is 10.8 Å². The highest BCUT2D eigenvalue weighted by atomic mass is 14.9. The van der Waals surface area contributed by atoms with Gasteiger partial charge in [0.15, 0.2) is 0 Å². The Hall–Kier alpha value is -2.73. The van der Waals surface area contributed by atoms with Gasteiger partial charge in [-0.25, -0.2) is 9.97 Å². The van der Waals surface area contributed by atoms with E-state index in [1.165, 1.54) is 10.8 Å². The zero-order valence-corrected chi connectivity index (χ0v) is 11.0. The molecule has 0 saturated heterocycles. The molecule has 2 aromatic carbocycles. The van der Waals surface area contributed by atoms with Crippen LogP contribution < -0.4 is 0 Å². The van der Waals surface area contributed by atoms with Crippen LogP contribution in [-0.4, -0.2) is 9.97 Å². The highest BCUT2D eigenvalue weighted by molar-refractivity contribution is 5.95. The topological polar surface area (TPSA) is 49.6 Å². The normalized spacial score (nSPS) is 10.3. The number of fused-ring (bicyclic) bond motifs is 1. The summed E-state index contributed by atoms with van der Waals surface area (Å²) in [5.41, 5.74) is 2.01. The zero-order chi connectivity index (χ0) is 13.8. The number of nitriles is 1. The fraction of sp³-hybridized carbons (Fsp3) is 0.118. The number of aryl methyl sites for hydroxylation is 1. The lowest BCUT2D eigenvalue weighted by Gasteiger charge is -2.07. The van der Waals surface area contributed by atoms with Crippen molar-refractivity contribution in [1.82, 2.24) is 9.97 Å². The van der Waals surface area contributed by atoms with Gasteiger partial charge in [-0.05, 0) is 16.8 Å². The SMILES string of the molecule is N#CCCc1nccc(-c2cccc3ccccc23)n1. The van der Waals surface area contributed by atoms with E-state index in [2.05, 4.69) is 40.3 Å². The molecular formula is C17H13N3. The Labute approximate surface area is 117 Å². The molecule has 0 aliphatic heterocycles. The average Bonchev–Trinajstić information content (AvgIpc) is 2.52. The Morgan fingerprint density at radius 2 is 1.85 bits per heavy atom. The van der Waals surface area contributed by atoms with Crippen molar-refractivity contribution in [1.29, 1.82) is 5.26 Å². The first-order valence-electron chi connectivity index (χ1n) is 6.55. The van der Waals surface area contributed by atoms with Gasteiger partial charge in [0, 0.05) is 24.6 Å². The van der Waals surface area contributed by atoms with E-state index in [0.29, 0.717) is 12.8 Å². The van der Waals surface area contributed by atoms with Crippen LogP contribution in [0.2, 0.25) is 0 Å². The summed E-state index contributed by atoms with van der Waals surface area (Å²) >= 11 is 0. The molecule has 3 aromatic rings. The first kappa shape index (κ1) is 12.3. The van der Waals surface area contributed by atoms with Crippen molar-refractivity contribution in [2.24, 2.45) is 0 Å². The van der Waals surface area contributed by atoms with Gasteiger partial charge in [0.25, 0.3) is 0 Å². The van der Waals surface area contributed by atoms with Crippen molar-refractivity contribution < 1.29 is 0 Å². The largest absolute Gasteiger partial charge is 0.241 e. The summed E-state index contributed by atoms with van der Waals surface area (Å²) in [5, 5.41) is 11.0. The molecule has 1 heterocycles. The van der Waals surface area contributed by atoms with Crippen molar-refractivity contribution in [3.8, 4) is 17.3 Å². The summed E-state index contributed by atoms with van der Waals surface area (Å²) in [6.45, 7) is 0. The molecule has 20 heavy (non-hydrogen) atoms. The molecule has 0 unspecified atom stereocenters. The van der Waals surface area contributed by atoms with Gasteiger partial charge in [-0.3, -0.25) is 0 Å². The quantitative estimate of drug-likeness (QED) is 0.719. The van der Waals surface area contributed by atoms with Crippen LogP contribution in [0.4, 0.5) is 0 Å². The smallest absolute Gasteiger partial charge is 0.129 e. The zero-order valence-electron chi connectivity index (χ0n) is 11.0. The van der Waals surface area contributed by atoms with Crippen LogP contribution in [0, 0.1) is 11.3 Å². The summed E-state index contributed by atoms with van der Waals surface area (Å²) in [5.74, 6) is 0.719. The number of benzene rings is 2. The molecule has 0 aliphatic rings. The summed E-state index contributed by atoms with van der Waals surface area (Å²) in [6.07, 6.45) is 2.80. The summed E-state index contributed by atoms with van der Waals surface area (Å²) in [6, 6.07) is 18.5. The molecule has 0 fully saturated rings. The van der Waals surface area contributed by atoms with Gasteiger partial charge in [-0.2, -0.15) is 5.26 Å². The van der Waals surface area contributed by atoms with Gasteiger partial charge in [0.05, 0.1) is 11.8 Å². The highest BCUT2D eigenvalue weighted by Crippen LogP contribution is 2.26. The second-order valence-electron chi connectivity index (χ2n) is 4.54. The van der Waals surface area contributed by atoms with E-state index in [-0.39, 0.29) is 0 Å². The number of hydrogen-bond donors (Lipinski definition) is 0. The second-order valence-corrected chi connectivity index (χ2v) is 4.54. The first-order chi connectivity index (χ1) is 9.88. The summed E-state index contributed by atoms with van der Waals surface area (Å²) < 4.78 is 0. The summed E-state index contributed by atoms with van der Waals surface area (Å²) in [7, 11) is 0. The molecule has 0 radical (unpaired) electrons. The molecule has 0 bridgehead atoms. The fourth-order valence-corrected chi connectivity index (χ4v) is 2.29. The van der Waals surface area contributed by atoms with Crippen LogP contribution in [0.3, 0.4) is 0 Å². The molecule has 3 heteroatoms. The molecule has 1 aromatic heterocycles. The lowest BCUT2D eigenvalue weighted by Crippen LogP contribution is -1.96. The maximum absolute atomic E-state index is 8.65. The number of nitrogens with zero attached hydrogens (tertiary/aromatic N) is 3. The fourth-order valence-electron chi connectivity index (χ4n) is 2.29. The molecular weight excluding hydrogens is 246 g/mol. The van der Waals surface area contributed by atoms with Gasteiger partial charge >= 0.3 is 0 Å². The number of rotatable bonds is 3. The second kappa shape index (κ2) is 5.50. The minimum atomic E-state index is 0.443. The van der Waals surface area contributed by atoms with E-state index in [9.17, 15) is 0 Å². The Morgan fingerprint density at radius 1 is 1.00 bits per heavy atom. The molecule has 0 amide bonds. The Kier molecular flexibility index (Phi) is 3.38. The van der Waals surface area contributed by atoms with E-state index >= 15 is 0 Å². The van der Waals surface area contributed by atoms with Crippen molar-refractivity contribution in [3.63, 3.8) is 0 Å². The van der Waals surface area contributed by atoms with Crippen LogP contribution >= 0.6 is 0 Å². The molecule has 0 spiro atoms. The van der Waals surface area contributed by atoms with E-state index < -0.39 is 0 Å². The molecule has 3 rings (SSSR count). The van der Waals surface area contributed by atoms with Gasteiger partial charge in [0.2, 0.25) is 0 Å². The first-order valence-corrected chi connectivity index (χ1v) is 6.55. The molecule has 0 saturated carbocycles. The minimum absolute atomic E-state index is 0.443. The maximum atomic E-state index is 8.65. The van der Waals surface area contributed by atoms with E-state index in [1.54, 1.807) is 6.20 Å². The lowest BCUT2D eigenvalue weighted by molar-refractivity contribution is 0.887. The Morgan fingerprint density at radius 3 is 2.75 bits per heavy atom. The third-order valence-electron chi connectivity index (χ3n) is 3.23. The molecule has 0 atom stereocenters. The van der Waals surface area contributed by atoms with Crippen LogP contribution in [0.1, 0.15) is 12.2 Å². The predicted octanol–water partition coefficient (Wildman–Crippen LogP) is 3.75. The molecule has 96 valence electrons. The third-order valence-corrected chi connectivity index (χ3v) is 3.23. The van der Waals surface area contributed by atoms with Crippen LogP contribution in [0.25, 0.3) is 22.0 Å². The van der Waals surface area contributed by atoms with Crippen molar-refractivity contribution in [3.05, 3.63) is 60.6 Å². The highest BCUT2D eigenvalue weighted by Gasteiger charge is 2.06. The minimum Gasteiger partial charge on any atom is -0.241 e. The molecule has 0 aliphatic carbocycles. The average molecular weight is 259 g/mol. The number of aromatic nitrogens is 2. The van der Waals surface area contributed by atoms with E-state index in [4.69, 9.17) is 5.26 Å². The van der Waals surface area contributed by atoms with E-state index in [1.807, 2.05) is 24.3 Å². The van der Waals surface area contributed by atoms with Gasteiger partial charge in [-0.1, -0.05) is 42.5 Å². The Bertz CT molecular complexity index is 782.